The second-order valence-corrected chi connectivity index (χ2v) is 7.41. The number of aliphatic hydroxyl groups is 4. The zero-order valence-corrected chi connectivity index (χ0v) is 16.7. The van der Waals surface area contributed by atoms with Gasteiger partial charge in [-0.15, -0.1) is 0 Å². The summed E-state index contributed by atoms with van der Waals surface area (Å²) >= 11 is 0. The fourth-order valence-electron chi connectivity index (χ4n) is 3.85. The van der Waals surface area contributed by atoms with Gasteiger partial charge >= 0.3 is 0 Å². The highest BCUT2D eigenvalue weighted by molar-refractivity contribution is 5.57. The minimum atomic E-state index is -0.843. The molecule has 0 aliphatic carbocycles. The van der Waals surface area contributed by atoms with E-state index in [4.69, 9.17) is 0 Å². The van der Waals surface area contributed by atoms with Gasteiger partial charge in [0.05, 0.1) is 26.4 Å². The van der Waals surface area contributed by atoms with Gasteiger partial charge in [-0.2, -0.15) is 0 Å². The van der Waals surface area contributed by atoms with E-state index in [1.165, 1.54) is 0 Å². The third kappa shape index (κ3) is 3.66. The summed E-state index contributed by atoms with van der Waals surface area (Å²) < 4.78 is 0. The van der Waals surface area contributed by atoms with Gasteiger partial charge in [-0.1, -0.05) is 30.3 Å². The molecule has 0 heterocycles. The number of phenols is 2. The van der Waals surface area contributed by atoms with Crippen LogP contribution in [0, 0.1) is 0 Å². The Hall–Kier alpha value is -2.90. The maximum absolute atomic E-state index is 10.3. The van der Waals surface area contributed by atoms with E-state index in [0.717, 1.165) is 5.56 Å². The Labute approximate surface area is 175 Å². The van der Waals surface area contributed by atoms with E-state index in [-0.39, 0.29) is 33.8 Å². The molecule has 0 aromatic heterocycles. The zero-order chi connectivity index (χ0) is 21.9. The van der Waals surface area contributed by atoms with Crippen LogP contribution in [0.3, 0.4) is 0 Å². The summed E-state index contributed by atoms with van der Waals surface area (Å²) in [5.41, 5.74) is 2.54. The molecule has 0 radical (unpaired) electrons. The molecule has 0 saturated heterocycles. The lowest BCUT2D eigenvalue weighted by Crippen LogP contribution is -2.26. The molecule has 6 nitrogen and oxygen atoms in total. The normalized spacial score (nSPS) is 11.6. The molecule has 30 heavy (non-hydrogen) atoms. The summed E-state index contributed by atoms with van der Waals surface area (Å²) in [6, 6.07) is 16.2. The van der Waals surface area contributed by atoms with Crippen LogP contribution in [0.5, 0.6) is 11.5 Å². The lowest BCUT2D eigenvalue weighted by molar-refractivity contribution is 0.263. The number of benzene rings is 3. The predicted octanol–water partition coefficient (Wildman–Crippen LogP) is 2.42. The van der Waals surface area contributed by atoms with Crippen molar-refractivity contribution in [2.75, 3.05) is 0 Å². The van der Waals surface area contributed by atoms with Gasteiger partial charge in [-0.25, -0.2) is 0 Å². The maximum Gasteiger partial charge on any atom is 0.126 e. The number of rotatable bonds is 7. The largest absolute Gasteiger partial charge is 0.507 e. The lowest BCUT2D eigenvalue weighted by atomic mass is 9.69. The van der Waals surface area contributed by atoms with Gasteiger partial charge in [0.25, 0.3) is 0 Å². The van der Waals surface area contributed by atoms with E-state index >= 15 is 0 Å². The van der Waals surface area contributed by atoms with Crippen LogP contribution in [-0.2, 0) is 31.8 Å². The molecule has 3 aromatic rings. The van der Waals surface area contributed by atoms with Crippen LogP contribution in [0.25, 0.3) is 0 Å². The minimum absolute atomic E-state index is 0.156. The fraction of sp³-hybridized carbons (Fsp3) is 0.250. The highest BCUT2D eigenvalue weighted by Crippen LogP contribution is 2.43. The summed E-state index contributed by atoms with van der Waals surface area (Å²) in [4.78, 5) is 0. The summed E-state index contributed by atoms with van der Waals surface area (Å²) in [5, 5.41) is 59.5. The molecule has 0 aliphatic rings. The Morgan fingerprint density at radius 3 is 1.20 bits per heavy atom. The third-order valence-corrected chi connectivity index (χ3v) is 5.72. The minimum Gasteiger partial charge on any atom is -0.507 e. The van der Waals surface area contributed by atoms with Crippen molar-refractivity contribution >= 4 is 0 Å². The van der Waals surface area contributed by atoms with Crippen molar-refractivity contribution in [3.63, 3.8) is 0 Å². The topological polar surface area (TPSA) is 121 Å². The highest BCUT2D eigenvalue weighted by atomic mass is 16.3. The molecule has 6 N–H and O–H groups in total. The van der Waals surface area contributed by atoms with E-state index in [2.05, 4.69) is 0 Å². The van der Waals surface area contributed by atoms with Crippen LogP contribution in [0.1, 0.15) is 45.9 Å². The van der Waals surface area contributed by atoms with Crippen molar-refractivity contribution in [3.8, 4) is 11.5 Å². The summed E-state index contributed by atoms with van der Waals surface area (Å²) in [6.45, 7) is 0.313. The Bertz CT molecular complexity index is 918. The second kappa shape index (κ2) is 8.85. The Morgan fingerprint density at radius 1 is 0.567 bits per heavy atom. The number of hydrogen-bond donors (Lipinski definition) is 6. The molecular weight excluding hydrogens is 384 g/mol. The third-order valence-electron chi connectivity index (χ3n) is 5.72. The average Bonchev–Trinajstić information content (AvgIpc) is 2.79. The molecule has 158 valence electrons. The van der Waals surface area contributed by atoms with E-state index < -0.39 is 31.8 Å². The van der Waals surface area contributed by atoms with Gasteiger partial charge < -0.3 is 30.6 Å². The van der Waals surface area contributed by atoms with E-state index in [0.29, 0.717) is 11.1 Å². The molecular formula is C24H26O6. The molecule has 0 amide bonds. The van der Waals surface area contributed by atoms with Crippen LogP contribution in [0.15, 0.2) is 54.6 Å². The first-order chi connectivity index (χ1) is 14.4. The van der Waals surface area contributed by atoms with Gasteiger partial charge in [0.2, 0.25) is 0 Å². The van der Waals surface area contributed by atoms with Crippen molar-refractivity contribution in [1.29, 1.82) is 0 Å². The lowest BCUT2D eigenvalue weighted by Gasteiger charge is -2.34. The van der Waals surface area contributed by atoms with Crippen molar-refractivity contribution in [2.45, 2.75) is 38.8 Å². The molecule has 0 spiro atoms. The summed E-state index contributed by atoms with van der Waals surface area (Å²) in [7, 11) is 0. The van der Waals surface area contributed by atoms with Gasteiger partial charge in [-0.3, -0.25) is 0 Å². The monoisotopic (exact) mass is 410 g/mol. The smallest absolute Gasteiger partial charge is 0.126 e. The molecule has 0 fully saturated rings. The van der Waals surface area contributed by atoms with E-state index in [9.17, 15) is 30.6 Å². The van der Waals surface area contributed by atoms with Crippen molar-refractivity contribution < 1.29 is 30.6 Å². The highest BCUT2D eigenvalue weighted by Gasteiger charge is 2.33. The number of aliphatic hydroxyl groups excluding tert-OH is 4. The van der Waals surface area contributed by atoms with E-state index in [1.807, 2.05) is 37.3 Å². The molecule has 6 heteroatoms. The molecule has 0 aliphatic heterocycles. The van der Waals surface area contributed by atoms with Gasteiger partial charge in [0.1, 0.15) is 11.5 Å². The van der Waals surface area contributed by atoms with Crippen LogP contribution in [-0.4, -0.2) is 30.6 Å². The molecule has 3 rings (SSSR count). The van der Waals surface area contributed by atoms with Gasteiger partial charge in [0, 0.05) is 27.7 Å². The van der Waals surface area contributed by atoms with Crippen molar-refractivity contribution in [2.24, 2.45) is 0 Å². The summed E-state index contributed by atoms with van der Waals surface area (Å²) in [5.74, 6) is -0.311. The molecule has 0 unspecified atom stereocenters. The molecule has 0 bridgehead atoms. The SMILES string of the molecule is CC(c1ccccc1)(c1cc(CO)c(O)c(CO)c1)c1cc(CO)c(O)c(CO)c1. The van der Waals surface area contributed by atoms with Gasteiger partial charge in [0.15, 0.2) is 0 Å². The van der Waals surface area contributed by atoms with Crippen molar-refractivity contribution in [1.82, 2.24) is 0 Å². The quantitative estimate of drug-likeness (QED) is 0.333. The fourth-order valence-corrected chi connectivity index (χ4v) is 3.85. The van der Waals surface area contributed by atoms with Crippen LogP contribution in [0.2, 0.25) is 0 Å². The number of hydrogen-bond acceptors (Lipinski definition) is 6. The molecule has 0 atom stereocenters. The first-order valence-corrected chi connectivity index (χ1v) is 9.60. The first kappa shape index (κ1) is 21.8. The molecule has 0 saturated carbocycles. The zero-order valence-electron chi connectivity index (χ0n) is 16.7. The average molecular weight is 410 g/mol. The predicted molar refractivity (Wildman–Crippen MR) is 112 cm³/mol. The standard InChI is InChI=1S/C24H26O6/c1-24(19-5-3-2-4-6-19,20-7-15(11-25)22(29)16(8-20)12-26)21-9-17(13-27)23(30)18(10-21)14-28/h2-10,25-30H,11-14H2,1H3. The number of aromatic hydroxyl groups is 2. The second-order valence-electron chi connectivity index (χ2n) is 7.41. The Kier molecular flexibility index (Phi) is 6.43. The van der Waals surface area contributed by atoms with Crippen LogP contribution in [0.4, 0.5) is 0 Å². The Morgan fingerprint density at radius 2 is 0.900 bits per heavy atom. The molecule has 3 aromatic carbocycles. The van der Waals surface area contributed by atoms with Crippen LogP contribution >= 0.6 is 0 Å². The summed E-state index contributed by atoms with van der Waals surface area (Å²) in [6.07, 6.45) is 0. The maximum atomic E-state index is 10.3. The first-order valence-electron chi connectivity index (χ1n) is 9.60. The van der Waals surface area contributed by atoms with Gasteiger partial charge in [-0.05, 0) is 47.9 Å². The van der Waals surface area contributed by atoms with Crippen molar-refractivity contribution in [3.05, 3.63) is 93.5 Å². The van der Waals surface area contributed by atoms with E-state index in [1.54, 1.807) is 24.3 Å². The Balaban J connectivity index is 2.38. The van der Waals surface area contributed by atoms with Crippen LogP contribution < -0.4 is 0 Å².